The Morgan fingerprint density at radius 2 is 2.30 bits per heavy atom. The first-order valence-corrected chi connectivity index (χ1v) is 6.26. The number of carboxylic acids is 1. The van der Waals surface area contributed by atoms with Crippen molar-refractivity contribution in [3.63, 3.8) is 0 Å². The number of hydrogen-bond acceptors (Lipinski definition) is 5. The number of halogens is 2. The molecule has 0 radical (unpaired) electrons. The number of rotatable bonds is 7. The summed E-state index contributed by atoms with van der Waals surface area (Å²) in [6.07, 6.45) is -0.907. The highest BCUT2D eigenvalue weighted by Gasteiger charge is 2.19. The summed E-state index contributed by atoms with van der Waals surface area (Å²) in [5.74, 6) is -1.80. The highest BCUT2D eigenvalue weighted by Crippen LogP contribution is 2.30. The van der Waals surface area contributed by atoms with Crippen molar-refractivity contribution in [1.29, 1.82) is 0 Å². The number of nitrogens with zero attached hydrogens (tertiary/aromatic N) is 1. The molecule has 0 saturated carbocycles. The van der Waals surface area contributed by atoms with Gasteiger partial charge in [-0.25, -0.2) is 4.39 Å². The van der Waals surface area contributed by atoms with Crippen LogP contribution in [0.1, 0.15) is 6.42 Å². The van der Waals surface area contributed by atoms with Gasteiger partial charge in [0.15, 0.2) is 0 Å². The fraction of sp³-hybridized carbons (Fsp3) is 0.364. The molecule has 0 aliphatic carbocycles. The van der Waals surface area contributed by atoms with E-state index >= 15 is 0 Å². The Balaban J connectivity index is 2.88. The van der Waals surface area contributed by atoms with Gasteiger partial charge in [-0.15, -0.1) is 0 Å². The molecule has 0 fully saturated rings. The minimum atomic E-state index is -1.05. The van der Waals surface area contributed by atoms with Crippen molar-refractivity contribution in [1.82, 2.24) is 0 Å². The summed E-state index contributed by atoms with van der Waals surface area (Å²) in [4.78, 5) is 20.7. The van der Waals surface area contributed by atoms with Crippen LogP contribution in [0.4, 0.5) is 15.8 Å². The molecular weight excluding hydrogens is 339 g/mol. The highest BCUT2D eigenvalue weighted by atomic mass is 79.9. The summed E-state index contributed by atoms with van der Waals surface area (Å²) in [7, 11) is 1.34. The number of aliphatic carboxylic acids is 1. The van der Waals surface area contributed by atoms with Gasteiger partial charge in [0, 0.05) is 13.7 Å². The van der Waals surface area contributed by atoms with E-state index in [2.05, 4.69) is 21.2 Å². The summed E-state index contributed by atoms with van der Waals surface area (Å²) < 4.78 is 18.3. The summed E-state index contributed by atoms with van der Waals surface area (Å²) in [5, 5.41) is 22.2. The third kappa shape index (κ3) is 4.42. The van der Waals surface area contributed by atoms with Gasteiger partial charge in [0.05, 0.1) is 28.0 Å². The fourth-order valence-corrected chi connectivity index (χ4v) is 1.83. The molecule has 0 heterocycles. The molecule has 110 valence electrons. The molecule has 2 N–H and O–H groups in total. The lowest BCUT2D eigenvalue weighted by Gasteiger charge is -2.15. The molecule has 20 heavy (non-hydrogen) atoms. The number of benzene rings is 1. The SMILES string of the molecule is COC(CNc1cc(Br)c(F)cc1[N+](=O)[O-])CC(=O)O. The van der Waals surface area contributed by atoms with Crippen molar-refractivity contribution < 1.29 is 24.0 Å². The second kappa shape index (κ2) is 7.15. The Bertz CT molecular complexity index is 526. The molecule has 1 atom stereocenters. The van der Waals surface area contributed by atoms with E-state index in [4.69, 9.17) is 9.84 Å². The van der Waals surface area contributed by atoms with Crippen LogP contribution in [-0.4, -0.2) is 35.8 Å². The standard InChI is InChI=1S/C11H12BrFN2O5/c1-20-6(2-11(16)17)5-14-9-3-7(12)8(13)4-10(9)15(18)19/h3-4,6,14H,2,5H2,1H3,(H,16,17). The molecule has 0 spiro atoms. The van der Waals surface area contributed by atoms with E-state index in [1.165, 1.54) is 13.2 Å². The van der Waals surface area contributed by atoms with E-state index in [9.17, 15) is 19.3 Å². The molecule has 0 aliphatic heterocycles. The van der Waals surface area contributed by atoms with Crippen molar-refractivity contribution in [2.24, 2.45) is 0 Å². The molecule has 1 rings (SSSR count). The van der Waals surface area contributed by atoms with Crippen LogP contribution in [0.15, 0.2) is 16.6 Å². The number of carboxylic acid groups (broad SMARTS) is 1. The molecule has 0 amide bonds. The Labute approximate surface area is 122 Å². The minimum Gasteiger partial charge on any atom is -0.481 e. The highest BCUT2D eigenvalue weighted by molar-refractivity contribution is 9.10. The number of nitro groups is 1. The zero-order valence-electron chi connectivity index (χ0n) is 10.4. The molecule has 7 nitrogen and oxygen atoms in total. The van der Waals surface area contributed by atoms with Crippen LogP contribution in [0.5, 0.6) is 0 Å². The smallest absolute Gasteiger partial charge is 0.306 e. The average Bonchev–Trinajstić information content (AvgIpc) is 2.37. The van der Waals surface area contributed by atoms with Gasteiger partial charge in [0.2, 0.25) is 0 Å². The topological polar surface area (TPSA) is 102 Å². The van der Waals surface area contributed by atoms with Crippen molar-refractivity contribution in [3.05, 3.63) is 32.5 Å². The summed E-state index contributed by atoms with van der Waals surface area (Å²) >= 11 is 2.93. The van der Waals surface area contributed by atoms with Crippen LogP contribution in [-0.2, 0) is 9.53 Å². The maximum atomic E-state index is 13.3. The molecule has 0 aliphatic rings. The van der Waals surface area contributed by atoms with Crippen molar-refractivity contribution in [2.75, 3.05) is 19.0 Å². The number of hydrogen-bond donors (Lipinski definition) is 2. The monoisotopic (exact) mass is 350 g/mol. The van der Waals surface area contributed by atoms with Crippen LogP contribution in [0.25, 0.3) is 0 Å². The molecular formula is C11H12BrFN2O5. The zero-order chi connectivity index (χ0) is 15.3. The first-order valence-electron chi connectivity index (χ1n) is 5.47. The second-order valence-electron chi connectivity index (χ2n) is 3.88. The van der Waals surface area contributed by atoms with Gasteiger partial charge in [-0.05, 0) is 22.0 Å². The Morgan fingerprint density at radius 3 is 2.80 bits per heavy atom. The van der Waals surface area contributed by atoms with Crippen LogP contribution in [0.3, 0.4) is 0 Å². The number of anilines is 1. The van der Waals surface area contributed by atoms with Crippen molar-refractivity contribution in [3.8, 4) is 0 Å². The first kappa shape index (κ1) is 16.3. The lowest BCUT2D eigenvalue weighted by atomic mass is 10.2. The average molecular weight is 351 g/mol. The van der Waals surface area contributed by atoms with Crippen LogP contribution in [0.2, 0.25) is 0 Å². The van der Waals surface area contributed by atoms with E-state index in [-0.39, 0.29) is 23.1 Å². The normalized spacial score (nSPS) is 11.9. The Hall–Kier alpha value is -1.74. The molecule has 9 heteroatoms. The van der Waals surface area contributed by atoms with Gasteiger partial charge in [-0.1, -0.05) is 0 Å². The number of carbonyl (C=O) groups is 1. The van der Waals surface area contributed by atoms with Crippen molar-refractivity contribution in [2.45, 2.75) is 12.5 Å². The van der Waals surface area contributed by atoms with Gasteiger partial charge in [0.1, 0.15) is 11.5 Å². The molecule has 0 saturated heterocycles. The lowest BCUT2D eigenvalue weighted by Crippen LogP contribution is -2.25. The van der Waals surface area contributed by atoms with E-state index in [0.717, 1.165) is 6.07 Å². The second-order valence-corrected chi connectivity index (χ2v) is 4.73. The number of nitrogens with one attached hydrogen (secondary N) is 1. The lowest BCUT2D eigenvalue weighted by molar-refractivity contribution is -0.384. The summed E-state index contributed by atoms with van der Waals surface area (Å²) in [5.41, 5.74) is -0.355. The number of nitro benzene ring substituents is 1. The summed E-state index contributed by atoms with van der Waals surface area (Å²) in [6.45, 7) is 0.0434. The molecule has 1 aromatic carbocycles. The van der Waals surface area contributed by atoms with Crippen LogP contribution >= 0.6 is 15.9 Å². The van der Waals surface area contributed by atoms with Gasteiger partial charge < -0.3 is 15.2 Å². The van der Waals surface area contributed by atoms with E-state index in [1.807, 2.05) is 0 Å². The van der Waals surface area contributed by atoms with Crippen LogP contribution in [0, 0.1) is 15.9 Å². The van der Waals surface area contributed by atoms with Gasteiger partial charge in [-0.3, -0.25) is 14.9 Å². The van der Waals surface area contributed by atoms with Crippen molar-refractivity contribution >= 4 is 33.3 Å². The number of ether oxygens (including phenoxy) is 1. The van der Waals surface area contributed by atoms with E-state index in [0.29, 0.717) is 0 Å². The largest absolute Gasteiger partial charge is 0.481 e. The molecule has 1 unspecified atom stereocenters. The Morgan fingerprint density at radius 1 is 1.65 bits per heavy atom. The maximum Gasteiger partial charge on any atom is 0.306 e. The zero-order valence-corrected chi connectivity index (χ0v) is 12.0. The molecule has 1 aromatic rings. The predicted octanol–water partition coefficient (Wildman–Crippen LogP) is 2.40. The molecule has 0 bridgehead atoms. The van der Waals surface area contributed by atoms with Gasteiger partial charge in [-0.2, -0.15) is 0 Å². The van der Waals surface area contributed by atoms with Crippen LogP contribution < -0.4 is 5.32 Å². The third-order valence-corrected chi connectivity index (χ3v) is 3.10. The quantitative estimate of drug-likeness (QED) is 0.578. The Kier molecular flexibility index (Phi) is 5.83. The fourth-order valence-electron chi connectivity index (χ4n) is 1.49. The minimum absolute atomic E-state index is 0.0434. The van der Waals surface area contributed by atoms with E-state index in [1.54, 1.807) is 0 Å². The first-order chi connectivity index (χ1) is 9.35. The number of methoxy groups -OCH3 is 1. The predicted molar refractivity (Wildman–Crippen MR) is 72.3 cm³/mol. The third-order valence-electron chi connectivity index (χ3n) is 2.49. The van der Waals surface area contributed by atoms with Gasteiger partial charge >= 0.3 is 5.97 Å². The van der Waals surface area contributed by atoms with Gasteiger partial charge in [0.25, 0.3) is 5.69 Å². The van der Waals surface area contributed by atoms with E-state index < -0.39 is 28.5 Å². The molecule has 0 aromatic heterocycles. The maximum absolute atomic E-state index is 13.3. The summed E-state index contributed by atoms with van der Waals surface area (Å²) in [6, 6.07) is 2.01.